The van der Waals surface area contributed by atoms with Crippen molar-refractivity contribution < 1.29 is 14.7 Å². The molecular formula is C21H24N4O3. The number of nitrogens with one attached hydrogen (secondary N) is 1. The Morgan fingerprint density at radius 1 is 1.21 bits per heavy atom. The van der Waals surface area contributed by atoms with Crippen LogP contribution in [0.4, 0.5) is 4.79 Å². The molecule has 146 valence electrons. The molecule has 0 saturated carbocycles. The number of amides is 2. The van der Waals surface area contributed by atoms with Gasteiger partial charge in [0.05, 0.1) is 12.1 Å². The third kappa shape index (κ3) is 3.56. The van der Waals surface area contributed by atoms with Gasteiger partial charge < -0.3 is 15.3 Å². The molecule has 1 aromatic carbocycles. The van der Waals surface area contributed by atoms with Crippen LogP contribution in [-0.4, -0.2) is 51.6 Å². The summed E-state index contributed by atoms with van der Waals surface area (Å²) in [5.74, 6) is -0.186. The van der Waals surface area contributed by atoms with Gasteiger partial charge in [0.2, 0.25) is 0 Å². The van der Waals surface area contributed by atoms with Crippen molar-refractivity contribution in [1.82, 2.24) is 20.2 Å². The van der Waals surface area contributed by atoms with Gasteiger partial charge in [0, 0.05) is 36.8 Å². The highest BCUT2D eigenvalue weighted by atomic mass is 16.4. The second-order valence-electron chi connectivity index (χ2n) is 7.61. The minimum absolute atomic E-state index is 0.0682. The van der Waals surface area contributed by atoms with Gasteiger partial charge in [-0.2, -0.15) is 0 Å². The van der Waals surface area contributed by atoms with Crippen LogP contribution in [0.1, 0.15) is 36.9 Å². The molecule has 1 saturated heterocycles. The number of likely N-dealkylation sites (tertiary alicyclic amines) is 1. The molecule has 7 heteroatoms. The summed E-state index contributed by atoms with van der Waals surface area (Å²) in [6.07, 6.45) is 5.68. The maximum absolute atomic E-state index is 12.5. The highest BCUT2D eigenvalue weighted by molar-refractivity contribution is 5.75. The van der Waals surface area contributed by atoms with Crippen molar-refractivity contribution in [2.45, 2.75) is 37.5 Å². The summed E-state index contributed by atoms with van der Waals surface area (Å²) in [7, 11) is 0. The van der Waals surface area contributed by atoms with Crippen LogP contribution in [0.15, 0.2) is 36.5 Å². The standard InChI is InChI=1S/C21H24N4O3/c26-17(27)8-11-22-20(28)25-12-4-9-21(14-25)10-7-16-13-23-19(24-18(16)21)15-5-2-1-3-6-15/h1-3,5-6,13H,4,7-12,14H2,(H,22,28)(H,26,27). The molecule has 1 spiro atoms. The van der Waals surface area contributed by atoms with Crippen molar-refractivity contribution in [2.75, 3.05) is 19.6 Å². The van der Waals surface area contributed by atoms with Gasteiger partial charge in [-0.1, -0.05) is 30.3 Å². The van der Waals surface area contributed by atoms with Gasteiger partial charge in [0.1, 0.15) is 0 Å². The summed E-state index contributed by atoms with van der Waals surface area (Å²) in [4.78, 5) is 34.5. The monoisotopic (exact) mass is 380 g/mol. The van der Waals surface area contributed by atoms with Gasteiger partial charge in [-0.15, -0.1) is 0 Å². The number of hydrogen-bond donors (Lipinski definition) is 2. The summed E-state index contributed by atoms with van der Waals surface area (Å²) in [5.41, 5.74) is 3.10. The fourth-order valence-electron chi connectivity index (χ4n) is 4.36. The number of aliphatic carboxylic acids is 1. The summed E-state index contributed by atoms with van der Waals surface area (Å²) < 4.78 is 0. The molecule has 7 nitrogen and oxygen atoms in total. The summed E-state index contributed by atoms with van der Waals surface area (Å²) in [6, 6.07) is 9.75. The number of nitrogens with zero attached hydrogens (tertiary/aromatic N) is 3. The van der Waals surface area contributed by atoms with Gasteiger partial charge in [-0.3, -0.25) is 4.79 Å². The number of carbonyl (C=O) groups is 2. The van der Waals surface area contributed by atoms with Crippen LogP contribution in [0, 0.1) is 0 Å². The number of benzene rings is 1. The molecule has 1 aliphatic heterocycles. The molecule has 28 heavy (non-hydrogen) atoms. The molecule has 1 atom stereocenters. The lowest BCUT2D eigenvalue weighted by Gasteiger charge is -2.40. The number of aromatic nitrogens is 2. The Morgan fingerprint density at radius 2 is 2.04 bits per heavy atom. The summed E-state index contributed by atoms with van der Waals surface area (Å²) >= 11 is 0. The molecule has 2 heterocycles. The maximum Gasteiger partial charge on any atom is 0.317 e. The first kappa shape index (κ1) is 18.4. The summed E-state index contributed by atoms with van der Waals surface area (Å²) in [6.45, 7) is 1.45. The normalized spacial score (nSPS) is 20.8. The molecule has 1 aliphatic carbocycles. The number of aryl methyl sites for hydroxylation is 1. The van der Waals surface area contributed by atoms with E-state index in [0.717, 1.165) is 42.8 Å². The van der Waals surface area contributed by atoms with Crippen molar-refractivity contribution in [2.24, 2.45) is 0 Å². The third-order valence-corrected chi connectivity index (χ3v) is 5.75. The highest BCUT2D eigenvalue weighted by Gasteiger charge is 2.44. The largest absolute Gasteiger partial charge is 0.481 e. The topological polar surface area (TPSA) is 95.4 Å². The van der Waals surface area contributed by atoms with E-state index in [1.165, 1.54) is 5.56 Å². The number of fused-ring (bicyclic) bond motifs is 2. The third-order valence-electron chi connectivity index (χ3n) is 5.75. The van der Waals surface area contributed by atoms with E-state index in [2.05, 4.69) is 10.3 Å². The highest BCUT2D eigenvalue weighted by Crippen LogP contribution is 2.44. The lowest BCUT2D eigenvalue weighted by atomic mass is 9.77. The Balaban J connectivity index is 1.55. The predicted octanol–water partition coefficient (Wildman–Crippen LogP) is 2.61. The first-order valence-electron chi connectivity index (χ1n) is 9.74. The number of carboxylic acids is 1. The van der Waals surface area contributed by atoms with Gasteiger partial charge in [0.25, 0.3) is 0 Å². The minimum atomic E-state index is -0.912. The lowest BCUT2D eigenvalue weighted by Crippen LogP contribution is -2.51. The zero-order valence-corrected chi connectivity index (χ0v) is 15.7. The van der Waals surface area contributed by atoms with Gasteiger partial charge in [-0.25, -0.2) is 14.8 Å². The van der Waals surface area contributed by atoms with E-state index in [-0.39, 0.29) is 24.4 Å². The molecule has 2 aliphatic rings. The Morgan fingerprint density at radius 3 is 2.82 bits per heavy atom. The fraction of sp³-hybridized carbons (Fsp3) is 0.429. The lowest BCUT2D eigenvalue weighted by molar-refractivity contribution is -0.136. The Bertz CT molecular complexity index is 882. The van der Waals surface area contributed by atoms with Gasteiger partial charge >= 0.3 is 12.0 Å². The van der Waals surface area contributed by atoms with Crippen molar-refractivity contribution in [3.63, 3.8) is 0 Å². The van der Waals surface area contributed by atoms with E-state index in [0.29, 0.717) is 13.1 Å². The smallest absolute Gasteiger partial charge is 0.317 e. The van der Waals surface area contributed by atoms with Gasteiger partial charge in [-0.05, 0) is 31.2 Å². The van der Waals surface area contributed by atoms with Crippen LogP contribution >= 0.6 is 0 Å². The Hall–Kier alpha value is -2.96. The number of piperidine rings is 1. The molecule has 2 aromatic rings. The number of rotatable bonds is 4. The van der Waals surface area contributed by atoms with E-state index in [4.69, 9.17) is 10.1 Å². The molecule has 1 fully saturated rings. The molecule has 1 unspecified atom stereocenters. The van der Waals surface area contributed by atoms with Crippen LogP contribution in [0.25, 0.3) is 11.4 Å². The first-order valence-corrected chi connectivity index (χ1v) is 9.74. The Labute approximate surface area is 163 Å². The Kier molecular flexibility index (Phi) is 4.98. The molecular weight excluding hydrogens is 356 g/mol. The fourth-order valence-corrected chi connectivity index (χ4v) is 4.36. The molecule has 2 amide bonds. The van der Waals surface area contributed by atoms with Crippen molar-refractivity contribution >= 4 is 12.0 Å². The summed E-state index contributed by atoms with van der Waals surface area (Å²) in [5, 5.41) is 11.5. The van der Waals surface area contributed by atoms with E-state index in [9.17, 15) is 9.59 Å². The van der Waals surface area contributed by atoms with E-state index >= 15 is 0 Å². The number of carboxylic acid groups (broad SMARTS) is 1. The van der Waals surface area contributed by atoms with Crippen molar-refractivity contribution in [3.8, 4) is 11.4 Å². The average molecular weight is 380 g/mol. The van der Waals surface area contributed by atoms with Crippen LogP contribution in [0.3, 0.4) is 0 Å². The van der Waals surface area contributed by atoms with Crippen molar-refractivity contribution in [1.29, 1.82) is 0 Å². The average Bonchev–Trinajstić information content (AvgIpc) is 3.05. The van der Waals surface area contributed by atoms with Crippen LogP contribution in [-0.2, 0) is 16.6 Å². The molecule has 0 radical (unpaired) electrons. The quantitative estimate of drug-likeness (QED) is 0.850. The molecule has 0 bridgehead atoms. The van der Waals surface area contributed by atoms with Crippen LogP contribution in [0.2, 0.25) is 0 Å². The maximum atomic E-state index is 12.5. The molecule has 1 aromatic heterocycles. The van der Waals surface area contributed by atoms with Crippen LogP contribution < -0.4 is 5.32 Å². The first-order chi connectivity index (χ1) is 13.6. The van der Waals surface area contributed by atoms with E-state index in [1.54, 1.807) is 0 Å². The number of carbonyl (C=O) groups excluding carboxylic acids is 1. The zero-order chi connectivity index (χ0) is 19.6. The number of urea groups is 1. The predicted molar refractivity (Wildman–Crippen MR) is 104 cm³/mol. The second kappa shape index (κ2) is 7.58. The van der Waals surface area contributed by atoms with Crippen LogP contribution in [0.5, 0.6) is 0 Å². The molecule has 4 rings (SSSR count). The second-order valence-corrected chi connectivity index (χ2v) is 7.61. The number of hydrogen-bond acceptors (Lipinski definition) is 4. The zero-order valence-electron chi connectivity index (χ0n) is 15.7. The van der Waals surface area contributed by atoms with Crippen molar-refractivity contribution in [3.05, 3.63) is 47.8 Å². The van der Waals surface area contributed by atoms with Gasteiger partial charge in [0.15, 0.2) is 5.82 Å². The van der Waals surface area contributed by atoms with E-state index in [1.807, 2.05) is 41.4 Å². The molecule has 2 N–H and O–H groups in total. The SMILES string of the molecule is O=C(O)CCNC(=O)N1CCCC2(CCc3cnc(-c4ccccc4)nc32)C1. The minimum Gasteiger partial charge on any atom is -0.481 e. The van der Waals surface area contributed by atoms with E-state index < -0.39 is 5.97 Å².